The van der Waals surface area contributed by atoms with E-state index in [1.165, 1.54) is 0 Å². The summed E-state index contributed by atoms with van der Waals surface area (Å²) in [6, 6.07) is 0.917. The van der Waals surface area contributed by atoms with Gasteiger partial charge in [0.25, 0.3) is 11.5 Å². The van der Waals surface area contributed by atoms with E-state index >= 15 is 0 Å². The number of alkyl halides is 2. The number of fused-ring (bicyclic) bond motifs is 1. The van der Waals surface area contributed by atoms with Gasteiger partial charge >= 0.3 is 5.69 Å². The number of H-pyrrole nitrogens is 2. The Morgan fingerprint density at radius 2 is 1.96 bits per heavy atom. The molecule has 2 aromatic heterocycles. The van der Waals surface area contributed by atoms with E-state index in [4.69, 9.17) is 5.73 Å². The lowest BCUT2D eigenvalue weighted by Gasteiger charge is -2.14. The van der Waals surface area contributed by atoms with E-state index in [0.29, 0.717) is 0 Å². The molecule has 13 heteroatoms. The minimum atomic E-state index is -4.31. The lowest BCUT2D eigenvalue weighted by Crippen LogP contribution is -2.41. The molecule has 0 aliphatic heterocycles. The van der Waals surface area contributed by atoms with Gasteiger partial charge < -0.3 is 5.73 Å². The van der Waals surface area contributed by atoms with Gasteiger partial charge in [-0.1, -0.05) is 0 Å². The predicted molar refractivity (Wildman–Crippen MR) is 79.4 cm³/mol. The molecule has 0 saturated carbocycles. The van der Waals surface area contributed by atoms with Gasteiger partial charge in [-0.25, -0.2) is 31.7 Å². The van der Waals surface area contributed by atoms with E-state index in [-0.39, 0.29) is 23.4 Å². The maximum Gasteiger partial charge on any atom is 0.327 e. The van der Waals surface area contributed by atoms with Crippen molar-refractivity contribution in [1.82, 2.24) is 19.7 Å². The highest BCUT2D eigenvalue weighted by Gasteiger charge is 2.29. The Balaban J connectivity index is 0.00000264. The zero-order valence-electron chi connectivity index (χ0n) is 11.3. The van der Waals surface area contributed by atoms with Crippen LogP contribution in [0.5, 0.6) is 0 Å². The molecule has 0 saturated heterocycles. The lowest BCUT2D eigenvalue weighted by molar-refractivity contribution is 0.0170. The molecule has 0 spiro atoms. The predicted octanol–water partition coefficient (Wildman–Crippen LogP) is -1.09. The van der Waals surface area contributed by atoms with Crippen LogP contribution in [0, 0.1) is 0 Å². The molecule has 23 heavy (non-hydrogen) atoms. The summed E-state index contributed by atoms with van der Waals surface area (Å²) in [6.07, 6.45) is 0.834. The van der Waals surface area contributed by atoms with Gasteiger partial charge in [0.1, 0.15) is 10.5 Å². The summed E-state index contributed by atoms with van der Waals surface area (Å²) in [5.41, 5.74) is 3.03. The van der Waals surface area contributed by atoms with Crippen LogP contribution in [0.2, 0.25) is 0 Å². The molecular weight excluding hydrogens is 360 g/mol. The number of aromatic nitrogens is 3. The molecule has 0 fully saturated rings. The van der Waals surface area contributed by atoms with Crippen molar-refractivity contribution < 1.29 is 17.2 Å². The summed E-state index contributed by atoms with van der Waals surface area (Å²) in [5.74, 6) is -3.40. The fourth-order valence-electron chi connectivity index (χ4n) is 1.53. The summed E-state index contributed by atoms with van der Waals surface area (Å²) < 4.78 is 51.5. The first-order chi connectivity index (χ1) is 10.1. The first kappa shape index (κ1) is 19.2. The fourth-order valence-corrected chi connectivity index (χ4v) is 2.56. The quantitative estimate of drug-likeness (QED) is 0.524. The number of halogens is 3. The number of rotatable bonds is 5. The van der Waals surface area contributed by atoms with E-state index in [1.807, 2.05) is 4.98 Å². The van der Waals surface area contributed by atoms with Gasteiger partial charge in [0.15, 0.2) is 0 Å². The first-order valence-electron chi connectivity index (χ1n) is 5.84. The maximum absolute atomic E-state index is 13.0. The van der Waals surface area contributed by atoms with Gasteiger partial charge in [0.2, 0.25) is 10.0 Å². The zero-order chi connectivity index (χ0) is 16.5. The van der Waals surface area contributed by atoms with Gasteiger partial charge in [-0.2, -0.15) is 0 Å². The molecule has 9 nitrogen and oxygen atoms in total. The largest absolute Gasteiger partial charge is 0.327 e. The number of nitrogens with two attached hydrogens (primary N) is 1. The van der Waals surface area contributed by atoms with E-state index in [0.717, 1.165) is 12.3 Å². The number of hydrogen-bond acceptors (Lipinski definition) is 6. The van der Waals surface area contributed by atoms with Crippen LogP contribution in [0.3, 0.4) is 0 Å². The van der Waals surface area contributed by atoms with Crippen LogP contribution >= 0.6 is 12.4 Å². The molecule has 2 aromatic rings. The van der Waals surface area contributed by atoms with Crippen LogP contribution in [0.15, 0.2) is 26.7 Å². The second-order valence-corrected chi connectivity index (χ2v) is 6.13. The van der Waals surface area contributed by atoms with Gasteiger partial charge in [-0.05, 0) is 6.07 Å². The number of nitrogens with one attached hydrogen (secondary N) is 3. The Labute approximate surface area is 133 Å². The second kappa shape index (κ2) is 6.70. The van der Waals surface area contributed by atoms with Crippen LogP contribution in [-0.4, -0.2) is 42.4 Å². The summed E-state index contributed by atoms with van der Waals surface area (Å²) in [7, 11) is -4.31. The Morgan fingerprint density at radius 1 is 1.30 bits per heavy atom. The van der Waals surface area contributed by atoms with Gasteiger partial charge in [-0.15, -0.1) is 12.4 Å². The minimum absolute atomic E-state index is 0. The van der Waals surface area contributed by atoms with E-state index in [9.17, 15) is 26.8 Å². The molecule has 5 N–H and O–H groups in total. The number of aromatic amines is 2. The Kier molecular flexibility index (Phi) is 5.58. The Morgan fingerprint density at radius 3 is 2.57 bits per heavy atom. The monoisotopic (exact) mass is 371 g/mol. The van der Waals surface area contributed by atoms with Crippen molar-refractivity contribution in [2.75, 3.05) is 13.1 Å². The summed E-state index contributed by atoms with van der Waals surface area (Å²) in [4.78, 5) is 29.9. The molecule has 0 atom stereocenters. The Hall–Kier alpha value is -1.89. The number of nitrogens with zero attached hydrogens (tertiary/aromatic N) is 1. The molecule has 2 rings (SSSR count). The highest BCUT2D eigenvalue weighted by Crippen LogP contribution is 2.14. The maximum atomic E-state index is 13.0. The third-order valence-corrected chi connectivity index (χ3v) is 4.06. The number of hydrogen-bond donors (Lipinski definition) is 4. The first-order valence-corrected chi connectivity index (χ1v) is 7.33. The highest BCUT2D eigenvalue weighted by molar-refractivity contribution is 7.89. The van der Waals surface area contributed by atoms with Gasteiger partial charge in [0.05, 0.1) is 18.5 Å². The van der Waals surface area contributed by atoms with Crippen LogP contribution in [0.1, 0.15) is 0 Å². The van der Waals surface area contributed by atoms with Crippen molar-refractivity contribution in [3.05, 3.63) is 33.1 Å². The van der Waals surface area contributed by atoms with Crippen LogP contribution in [-0.2, 0) is 10.0 Å². The minimum Gasteiger partial charge on any atom is -0.325 e. The number of pyridine rings is 1. The lowest BCUT2D eigenvalue weighted by atomic mass is 10.3. The molecule has 128 valence electrons. The molecule has 0 aliphatic carbocycles. The molecule has 0 amide bonds. The van der Waals surface area contributed by atoms with Crippen LogP contribution in [0.25, 0.3) is 11.0 Å². The Bertz CT molecular complexity index is 927. The smallest absolute Gasteiger partial charge is 0.325 e. The average Bonchev–Trinajstić information content (AvgIpc) is 2.45. The SMILES string of the molecule is Cl.NCC(F)(F)CNS(=O)(=O)c1cnc2[nH]c(=O)[nH]c(=O)c2c1. The zero-order valence-corrected chi connectivity index (χ0v) is 12.9. The van der Waals surface area contributed by atoms with Gasteiger partial charge in [0, 0.05) is 6.20 Å². The topological polar surface area (TPSA) is 151 Å². The van der Waals surface area contributed by atoms with E-state index < -0.39 is 45.2 Å². The molecule has 0 bridgehead atoms. The van der Waals surface area contributed by atoms with Crippen molar-refractivity contribution in [2.24, 2.45) is 5.73 Å². The van der Waals surface area contributed by atoms with Crippen LogP contribution in [0.4, 0.5) is 8.78 Å². The molecule has 2 heterocycles. The number of sulfonamides is 1. The van der Waals surface area contributed by atoms with Crippen molar-refractivity contribution in [1.29, 1.82) is 0 Å². The highest BCUT2D eigenvalue weighted by atomic mass is 35.5. The standard InChI is InChI=1S/C10H11F2N5O4S.ClH/c11-10(12,3-13)4-15-22(20,21)5-1-6-7(14-2-5)16-9(19)17-8(6)18;/h1-2,15H,3-4,13H2,(H2,14,16,17,18,19);1H. The van der Waals surface area contributed by atoms with E-state index in [1.54, 1.807) is 4.72 Å². The normalized spacial score (nSPS) is 12.1. The van der Waals surface area contributed by atoms with Crippen molar-refractivity contribution in [3.8, 4) is 0 Å². The van der Waals surface area contributed by atoms with Crippen molar-refractivity contribution in [3.63, 3.8) is 0 Å². The van der Waals surface area contributed by atoms with E-state index in [2.05, 4.69) is 9.97 Å². The van der Waals surface area contributed by atoms with Crippen molar-refractivity contribution >= 4 is 33.5 Å². The van der Waals surface area contributed by atoms with Crippen LogP contribution < -0.4 is 21.7 Å². The molecule has 0 radical (unpaired) electrons. The summed E-state index contributed by atoms with van der Waals surface area (Å²) >= 11 is 0. The third kappa shape index (κ3) is 4.31. The van der Waals surface area contributed by atoms with Gasteiger partial charge in [-0.3, -0.25) is 14.8 Å². The summed E-state index contributed by atoms with van der Waals surface area (Å²) in [6.45, 7) is -2.21. The summed E-state index contributed by atoms with van der Waals surface area (Å²) in [5, 5.41) is -0.201. The molecule has 0 aromatic carbocycles. The second-order valence-electron chi connectivity index (χ2n) is 4.36. The average molecular weight is 372 g/mol. The van der Waals surface area contributed by atoms with Crippen molar-refractivity contribution in [2.45, 2.75) is 10.8 Å². The molecule has 0 aliphatic rings. The molecule has 0 unspecified atom stereocenters. The fraction of sp³-hybridized carbons (Fsp3) is 0.300. The molecular formula is C10H12ClF2N5O4S. The third-order valence-electron chi connectivity index (χ3n) is 2.70.